The van der Waals surface area contributed by atoms with Gasteiger partial charge in [0.15, 0.2) is 0 Å². The van der Waals surface area contributed by atoms with E-state index in [0.717, 1.165) is 29.7 Å². The van der Waals surface area contributed by atoms with Crippen molar-refractivity contribution in [3.63, 3.8) is 0 Å². The Morgan fingerprint density at radius 3 is 2.50 bits per heavy atom. The molecule has 1 aliphatic rings. The summed E-state index contributed by atoms with van der Waals surface area (Å²) in [6, 6.07) is 12.0. The van der Waals surface area contributed by atoms with Gasteiger partial charge in [-0.15, -0.1) is 0 Å². The summed E-state index contributed by atoms with van der Waals surface area (Å²) in [5.74, 6) is -0.0662. The number of anilines is 1. The highest BCUT2D eigenvalue weighted by Gasteiger charge is 2.29. The van der Waals surface area contributed by atoms with Crippen LogP contribution in [-0.2, 0) is 38.5 Å². The van der Waals surface area contributed by atoms with Gasteiger partial charge in [-0.3, -0.25) is 9.80 Å². The average molecular weight is 619 g/mol. The standard InChI is InChI=1S/C32H44F2N4O6/c1-32(2,3)44-31(41)38-19-10-13-24-15-16-25(35-28(24)38)14-8-9-18-37(21-27(33)34)20-17-26(29(39)42-4)36-30(40)43-22-23-11-6-5-7-12-23/h5-7,11-12,15-16,26-27H,8-10,13-14,17-22H2,1-4H3,(H,36,40). The minimum atomic E-state index is -2.56. The van der Waals surface area contributed by atoms with E-state index in [-0.39, 0.29) is 19.6 Å². The van der Waals surface area contributed by atoms with Crippen LogP contribution in [0.25, 0.3) is 0 Å². The van der Waals surface area contributed by atoms with Gasteiger partial charge < -0.3 is 19.5 Å². The third kappa shape index (κ3) is 11.7. The molecule has 1 aromatic carbocycles. The van der Waals surface area contributed by atoms with E-state index in [1.54, 1.807) is 21.9 Å². The van der Waals surface area contributed by atoms with Gasteiger partial charge in [-0.05, 0) is 83.0 Å². The number of pyridine rings is 1. The number of aromatic nitrogens is 1. The lowest BCUT2D eigenvalue weighted by Crippen LogP contribution is -2.44. The summed E-state index contributed by atoms with van der Waals surface area (Å²) in [5.41, 5.74) is 1.97. The molecular weight excluding hydrogens is 574 g/mol. The smallest absolute Gasteiger partial charge is 0.416 e. The van der Waals surface area contributed by atoms with Crippen LogP contribution in [0.5, 0.6) is 0 Å². The number of nitrogens with zero attached hydrogens (tertiary/aromatic N) is 3. The Bertz CT molecular complexity index is 1220. The van der Waals surface area contributed by atoms with E-state index >= 15 is 0 Å². The minimum Gasteiger partial charge on any atom is -0.467 e. The number of nitrogens with one attached hydrogen (secondary N) is 1. The van der Waals surface area contributed by atoms with Crippen LogP contribution in [0.2, 0.25) is 0 Å². The monoisotopic (exact) mass is 618 g/mol. The van der Waals surface area contributed by atoms with Gasteiger partial charge in [0.25, 0.3) is 6.43 Å². The number of aryl methyl sites for hydroxylation is 2. The molecule has 1 aliphatic heterocycles. The molecule has 2 amide bonds. The third-order valence-corrected chi connectivity index (χ3v) is 6.99. The number of halogens is 2. The maximum absolute atomic E-state index is 13.4. The fourth-order valence-corrected chi connectivity index (χ4v) is 4.85. The van der Waals surface area contributed by atoms with Crippen molar-refractivity contribution in [2.24, 2.45) is 0 Å². The van der Waals surface area contributed by atoms with E-state index in [1.807, 2.05) is 51.1 Å². The number of hydrogen-bond donors (Lipinski definition) is 1. The summed E-state index contributed by atoms with van der Waals surface area (Å²) in [7, 11) is 1.20. The molecule has 12 heteroatoms. The predicted molar refractivity (Wildman–Crippen MR) is 162 cm³/mol. The van der Waals surface area contributed by atoms with Crippen molar-refractivity contribution in [1.29, 1.82) is 0 Å². The van der Waals surface area contributed by atoms with Crippen LogP contribution in [0.4, 0.5) is 24.2 Å². The first-order valence-corrected chi connectivity index (χ1v) is 15.0. The van der Waals surface area contributed by atoms with Crippen LogP contribution in [0.15, 0.2) is 42.5 Å². The van der Waals surface area contributed by atoms with Gasteiger partial charge >= 0.3 is 18.2 Å². The number of rotatable bonds is 14. The Hall–Kier alpha value is -3.80. The molecule has 1 aromatic heterocycles. The second kappa shape index (κ2) is 16.9. The molecule has 0 bridgehead atoms. The number of hydrogen-bond acceptors (Lipinski definition) is 8. The van der Waals surface area contributed by atoms with Crippen LogP contribution >= 0.6 is 0 Å². The number of esters is 1. The van der Waals surface area contributed by atoms with E-state index < -0.39 is 42.8 Å². The van der Waals surface area contributed by atoms with Crippen LogP contribution in [-0.4, -0.2) is 79.4 Å². The molecule has 1 atom stereocenters. The van der Waals surface area contributed by atoms with Gasteiger partial charge in [-0.1, -0.05) is 36.4 Å². The molecule has 1 N–H and O–H groups in total. The fourth-order valence-electron chi connectivity index (χ4n) is 4.85. The summed E-state index contributed by atoms with van der Waals surface area (Å²) >= 11 is 0. The molecule has 2 aromatic rings. The molecule has 10 nitrogen and oxygen atoms in total. The van der Waals surface area contributed by atoms with E-state index in [1.165, 1.54) is 7.11 Å². The maximum Gasteiger partial charge on any atom is 0.416 e. The molecule has 0 saturated heterocycles. The Morgan fingerprint density at radius 2 is 1.82 bits per heavy atom. The summed E-state index contributed by atoms with van der Waals surface area (Å²) in [6.45, 7) is 6.08. The SMILES string of the molecule is COC(=O)C(CCN(CCCCc1ccc2c(n1)N(C(=O)OC(C)(C)C)CCC2)CC(F)F)NC(=O)OCc1ccccc1. The molecule has 0 aliphatic carbocycles. The lowest BCUT2D eigenvalue weighted by atomic mass is 10.0. The fraction of sp³-hybridized carbons (Fsp3) is 0.562. The largest absolute Gasteiger partial charge is 0.467 e. The summed E-state index contributed by atoms with van der Waals surface area (Å²) in [6.07, 6.45) is -0.145. The molecule has 0 fully saturated rings. The molecule has 44 heavy (non-hydrogen) atoms. The topological polar surface area (TPSA) is 110 Å². The second-order valence-corrected chi connectivity index (χ2v) is 11.7. The van der Waals surface area contributed by atoms with Crippen LogP contribution in [0.1, 0.15) is 63.3 Å². The van der Waals surface area contributed by atoms with Crippen molar-refractivity contribution in [1.82, 2.24) is 15.2 Å². The molecule has 0 saturated carbocycles. The van der Waals surface area contributed by atoms with Gasteiger partial charge in [-0.2, -0.15) is 0 Å². The number of methoxy groups -OCH3 is 1. The lowest BCUT2D eigenvalue weighted by Gasteiger charge is -2.31. The van der Waals surface area contributed by atoms with Gasteiger partial charge in [0, 0.05) is 18.8 Å². The first-order chi connectivity index (χ1) is 20.9. The molecule has 1 unspecified atom stereocenters. The maximum atomic E-state index is 13.4. The third-order valence-electron chi connectivity index (χ3n) is 6.99. The van der Waals surface area contributed by atoms with Crippen molar-refractivity contribution in [2.45, 2.75) is 84.0 Å². The number of ether oxygens (including phenoxy) is 3. The normalized spacial score (nSPS) is 13.8. The number of carbonyl (C=O) groups excluding carboxylic acids is 3. The van der Waals surface area contributed by atoms with Gasteiger partial charge in [0.2, 0.25) is 0 Å². The first-order valence-electron chi connectivity index (χ1n) is 15.0. The van der Waals surface area contributed by atoms with Gasteiger partial charge in [-0.25, -0.2) is 28.1 Å². The van der Waals surface area contributed by atoms with Gasteiger partial charge in [0.05, 0.1) is 13.7 Å². The first kappa shape index (κ1) is 34.7. The number of unbranched alkanes of at least 4 members (excludes halogenated alkanes) is 1. The Balaban J connectivity index is 1.52. The molecule has 2 heterocycles. The second-order valence-electron chi connectivity index (χ2n) is 11.7. The highest BCUT2D eigenvalue weighted by atomic mass is 19.3. The number of carbonyl (C=O) groups is 3. The average Bonchev–Trinajstić information content (AvgIpc) is 2.98. The molecule has 0 radical (unpaired) electrons. The Morgan fingerprint density at radius 1 is 1.07 bits per heavy atom. The predicted octanol–water partition coefficient (Wildman–Crippen LogP) is 5.52. The zero-order valence-corrected chi connectivity index (χ0v) is 26.0. The van der Waals surface area contributed by atoms with Crippen molar-refractivity contribution in [3.05, 3.63) is 59.3 Å². The van der Waals surface area contributed by atoms with Crippen LogP contribution < -0.4 is 10.2 Å². The molecule has 3 rings (SSSR count). The quantitative estimate of drug-likeness (QED) is 0.168. The summed E-state index contributed by atoms with van der Waals surface area (Å²) in [5, 5.41) is 2.49. The Kier molecular flexibility index (Phi) is 13.3. The zero-order valence-electron chi connectivity index (χ0n) is 26.0. The number of benzene rings is 1. The number of fused-ring (bicyclic) bond motifs is 1. The summed E-state index contributed by atoms with van der Waals surface area (Å²) < 4.78 is 42.3. The van der Waals surface area contributed by atoms with Crippen molar-refractivity contribution >= 4 is 24.0 Å². The molecular formula is C32H44F2N4O6. The van der Waals surface area contributed by atoms with Crippen LogP contribution in [0.3, 0.4) is 0 Å². The Labute approximate surface area is 258 Å². The molecule has 242 valence electrons. The number of alkyl halides is 2. The van der Waals surface area contributed by atoms with Crippen molar-refractivity contribution < 1.29 is 37.4 Å². The molecule has 0 spiro atoms. The van der Waals surface area contributed by atoms with E-state index in [4.69, 9.17) is 19.2 Å². The highest BCUT2D eigenvalue weighted by molar-refractivity contribution is 5.88. The number of amides is 2. The van der Waals surface area contributed by atoms with E-state index in [0.29, 0.717) is 38.2 Å². The van der Waals surface area contributed by atoms with Crippen molar-refractivity contribution in [3.8, 4) is 0 Å². The van der Waals surface area contributed by atoms with Crippen molar-refractivity contribution in [2.75, 3.05) is 38.2 Å². The van der Waals surface area contributed by atoms with Crippen LogP contribution in [0, 0.1) is 0 Å². The highest BCUT2D eigenvalue weighted by Crippen LogP contribution is 2.27. The zero-order chi connectivity index (χ0) is 32.1. The lowest BCUT2D eigenvalue weighted by molar-refractivity contribution is -0.143. The van der Waals surface area contributed by atoms with E-state index in [9.17, 15) is 23.2 Å². The number of alkyl carbamates (subject to hydrolysis) is 1. The van der Waals surface area contributed by atoms with E-state index in [2.05, 4.69) is 5.32 Å². The van der Waals surface area contributed by atoms with Gasteiger partial charge in [0.1, 0.15) is 24.1 Å². The summed E-state index contributed by atoms with van der Waals surface area (Å²) in [4.78, 5) is 45.3. The minimum absolute atomic E-state index is 0.0240.